The van der Waals surface area contributed by atoms with Gasteiger partial charge in [-0.05, 0) is 60.4 Å². The number of benzene rings is 3. The molecule has 0 unspecified atom stereocenters. The average Bonchev–Trinajstić information content (AvgIpc) is 3.72. The summed E-state index contributed by atoms with van der Waals surface area (Å²) in [5.41, 5.74) is 1.01. The van der Waals surface area contributed by atoms with Gasteiger partial charge in [0.05, 0.1) is 28.0 Å². The molecule has 0 aliphatic heterocycles. The summed E-state index contributed by atoms with van der Waals surface area (Å²) in [7, 11) is -3.96. The highest BCUT2D eigenvalue weighted by Crippen LogP contribution is 2.30. The Balaban J connectivity index is 1.31. The highest BCUT2D eigenvalue weighted by atomic mass is 32.2. The molecule has 0 saturated carbocycles. The zero-order chi connectivity index (χ0) is 35.2. The van der Waals surface area contributed by atoms with Crippen LogP contribution in [0.25, 0.3) is 10.2 Å². The van der Waals surface area contributed by atoms with E-state index in [4.69, 9.17) is 14.6 Å². The highest BCUT2D eigenvalue weighted by Gasteiger charge is 2.31. The van der Waals surface area contributed by atoms with Crippen molar-refractivity contribution < 1.29 is 45.4 Å². The molecule has 0 aliphatic rings. The fourth-order valence-electron chi connectivity index (χ4n) is 4.86. The molecule has 2 aromatic heterocycles. The first-order chi connectivity index (χ1) is 23.3. The van der Waals surface area contributed by atoms with Gasteiger partial charge in [0.25, 0.3) is 10.0 Å². The van der Waals surface area contributed by atoms with Crippen LogP contribution in [-0.4, -0.2) is 65.3 Å². The maximum absolute atomic E-state index is 13.2. The number of hydrogen-bond donors (Lipinski definition) is 3. The molecule has 0 aliphatic carbocycles. The molecular weight excluding hydrogens is 693 g/mol. The number of carbonyl (C=O) groups is 1. The van der Waals surface area contributed by atoms with E-state index in [1.165, 1.54) is 16.8 Å². The molecule has 3 aromatic carbocycles. The van der Waals surface area contributed by atoms with Crippen molar-refractivity contribution in [3.05, 3.63) is 95.3 Å². The lowest BCUT2D eigenvalue weighted by atomic mass is 10.0. The van der Waals surface area contributed by atoms with Crippen LogP contribution in [-0.2, 0) is 40.4 Å². The number of thiazole rings is 1. The number of ether oxygens (including phenoxy) is 2. The minimum Gasteiger partial charge on any atom is -0.491 e. The van der Waals surface area contributed by atoms with Crippen molar-refractivity contribution in [3.8, 4) is 11.5 Å². The summed E-state index contributed by atoms with van der Waals surface area (Å²) in [6.45, 7) is -0.695. The molecule has 49 heavy (non-hydrogen) atoms. The van der Waals surface area contributed by atoms with Gasteiger partial charge in [-0.15, -0.1) is 16.4 Å². The van der Waals surface area contributed by atoms with Gasteiger partial charge >= 0.3 is 12.1 Å². The summed E-state index contributed by atoms with van der Waals surface area (Å²) in [5.74, 6) is -0.355. The van der Waals surface area contributed by atoms with Gasteiger partial charge in [-0.25, -0.2) is 27.6 Å². The minimum atomic E-state index is -4.57. The zero-order valence-electron chi connectivity index (χ0n) is 25.5. The molecule has 5 aromatic rings. The number of hydrogen-bond acceptors (Lipinski definition) is 10. The van der Waals surface area contributed by atoms with E-state index in [2.05, 4.69) is 20.6 Å². The van der Waals surface area contributed by atoms with E-state index in [0.717, 1.165) is 29.0 Å². The normalized spacial score (nSPS) is 13.3. The fourth-order valence-corrected chi connectivity index (χ4v) is 6.54. The molecule has 260 valence electrons. The van der Waals surface area contributed by atoms with E-state index in [9.17, 15) is 35.9 Å². The fraction of sp³-hybridized carbons (Fsp3) is 0.290. The van der Waals surface area contributed by atoms with Gasteiger partial charge in [-0.3, -0.25) is 4.79 Å². The lowest BCUT2D eigenvalue weighted by molar-refractivity contribution is -0.139. The summed E-state index contributed by atoms with van der Waals surface area (Å²) in [5, 5.41) is 26.5. The molecule has 0 radical (unpaired) electrons. The lowest BCUT2D eigenvalue weighted by Crippen LogP contribution is -2.42. The van der Waals surface area contributed by atoms with Gasteiger partial charge in [0.2, 0.25) is 4.34 Å². The van der Waals surface area contributed by atoms with E-state index in [1.807, 2.05) is 0 Å². The van der Waals surface area contributed by atoms with E-state index in [-0.39, 0.29) is 36.1 Å². The van der Waals surface area contributed by atoms with Crippen LogP contribution in [0.4, 0.5) is 17.6 Å². The SMILES string of the molecule is NS(=O)(=O)c1nc2ccc(OCc3cn([C@H](CN[C@@H](Cc4cccc(C(F)(F)F)c4)C(=O)O)Cc4ccc(OCCF)cc4)nn3)cc2s1. The van der Waals surface area contributed by atoms with Crippen LogP contribution < -0.4 is 19.9 Å². The zero-order valence-corrected chi connectivity index (χ0v) is 27.1. The summed E-state index contributed by atoms with van der Waals surface area (Å²) in [4.78, 5) is 16.2. The maximum Gasteiger partial charge on any atom is 0.416 e. The first-order valence-electron chi connectivity index (χ1n) is 14.7. The highest BCUT2D eigenvalue weighted by molar-refractivity contribution is 7.91. The second-order valence-electron chi connectivity index (χ2n) is 10.9. The van der Waals surface area contributed by atoms with Crippen LogP contribution in [0.5, 0.6) is 11.5 Å². The molecule has 5 rings (SSSR count). The predicted octanol–water partition coefficient (Wildman–Crippen LogP) is 4.55. The van der Waals surface area contributed by atoms with Crippen LogP contribution >= 0.6 is 11.3 Å². The molecule has 0 bridgehead atoms. The number of rotatable bonds is 16. The van der Waals surface area contributed by atoms with Gasteiger partial charge < -0.3 is 19.9 Å². The first kappa shape index (κ1) is 35.7. The van der Waals surface area contributed by atoms with Crippen LogP contribution in [0.2, 0.25) is 0 Å². The van der Waals surface area contributed by atoms with Gasteiger partial charge in [0.1, 0.15) is 43.1 Å². The van der Waals surface area contributed by atoms with E-state index in [0.29, 0.717) is 33.8 Å². The molecule has 0 spiro atoms. The van der Waals surface area contributed by atoms with Gasteiger partial charge in [-0.1, -0.05) is 35.5 Å². The van der Waals surface area contributed by atoms with Crippen LogP contribution in [0, 0.1) is 0 Å². The first-order valence-corrected chi connectivity index (χ1v) is 17.0. The summed E-state index contributed by atoms with van der Waals surface area (Å²) in [6, 6.07) is 14.5. The number of aromatic nitrogens is 4. The third-order valence-corrected chi connectivity index (χ3v) is 9.57. The Labute approximate surface area is 281 Å². The number of aliphatic carboxylic acids is 1. The third-order valence-electron chi connectivity index (χ3n) is 7.23. The van der Waals surface area contributed by atoms with Crippen molar-refractivity contribution in [2.24, 2.45) is 5.14 Å². The Bertz CT molecular complexity index is 2000. The van der Waals surface area contributed by atoms with Crippen molar-refractivity contribution in [3.63, 3.8) is 0 Å². The topological polar surface area (TPSA) is 172 Å². The predicted molar refractivity (Wildman–Crippen MR) is 171 cm³/mol. The number of sulfonamides is 1. The maximum atomic E-state index is 13.2. The lowest BCUT2D eigenvalue weighted by Gasteiger charge is -2.22. The molecule has 18 heteroatoms. The Hall–Kier alpha value is -4.65. The van der Waals surface area contributed by atoms with Crippen LogP contribution in [0.3, 0.4) is 0 Å². The minimum absolute atomic E-state index is 0.0135. The summed E-state index contributed by atoms with van der Waals surface area (Å²) < 4.78 is 88.6. The molecule has 12 nitrogen and oxygen atoms in total. The molecule has 2 atom stereocenters. The average molecular weight is 723 g/mol. The molecule has 0 fully saturated rings. The molecule has 0 amide bonds. The van der Waals surface area contributed by atoms with E-state index >= 15 is 0 Å². The smallest absolute Gasteiger partial charge is 0.416 e. The Kier molecular flexibility index (Phi) is 11.1. The standard InChI is InChI=1S/C31H30F4N6O6S2/c32-10-11-46-24-6-4-19(5-7-24)13-23(16-37-27(29(42)43)14-20-2-1-3-21(12-20)31(33,34)35)41-17-22(39-40-41)18-47-25-8-9-26-28(15-25)48-30(38-26)49(36,44)45/h1-9,12,15,17,23,27,37H,10-11,13-14,16,18H2,(H,42,43)(H2,36,44,45)/t23-,27-/m0/s1. The molecule has 4 N–H and O–H groups in total. The Morgan fingerprint density at radius 1 is 1.02 bits per heavy atom. The van der Waals surface area contributed by atoms with E-state index < -0.39 is 46.5 Å². The number of nitrogens with one attached hydrogen (secondary N) is 1. The molecule has 0 saturated heterocycles. The van der Waals surface area contributed by atoms with Gasteiger partial charge in [0, 0.05) is 6.54 Å². The number of alkyl halides is 4. The van der Waals surface area contributed by atoms with Crippen molar-refractivity contribution in [2.45, 2.75) is 42.0 Å². The van der Waals surface area contributed by atoms with Gasteiger partial charge in [-0.2, -0.15) is 13.2 Å². The van der Waals surface area contributed by atoms with Crippen molar-refractivity contribution in [1.29, 1.82) is 0 Å². The number of primary sulfonamides is 1. The van der Waals surface area contributed by atoms with Crippen molar-refractivity contribution in [2.75, 3.05) is 19.8 Å². The number of fused-ring (bicyclic) bond motifs is 1. The Morgan fingerprint density at radius 2 is 1.78 bits per heavy atom. The number of carboxylic acid groups (broad SMARTS) is 1. The van der Waals surface area contributed by atoms with Crippen molar-refractivity contribution >= 4 is 37.5 Å². The third kappa shape index (κ3) is 9.71. The molecule has 2 heterocycles. The van der Waals surface area contributed by atoms with Gasteiger partial charge in [0.15, 0.2) is 0 Å². The van der Waals surface area contributed by atoms with Crippen LogP contribution in [0.1, 0.15) is 28.4 Å². The number of nitrogens with zero attached hydrogens (tertiary/aromatic N) is 4. The Morgan fingerprint density at radius 3 is 2.47 bits per heavy atom. The van der Waals surface area contributed by atoms with Crippen LogP contribution in [0.15, 0.2) is 77.3 Å². The van der Waals surface area contributed by atoms with E-state index in [1.54, 1.807) is 48.7 Å². The largest absolute Gasteiger partial charge is 0.491 e. The number of nitrogens with two attached hydrogens (primary N) is 1. The quantitative estimate of drug-likeness (QED) is 0.123. The number of halogens is 4. The van der Waals surface area contributed by atoms with Crippen molar-refractivity contribution in [1.82, 2.24) is 25.3 Å². The molecular formula is C31H30F4N6O6S2. The second kappa shape index (κ2) is 15.3. The summed E-state index contributed by atoms with van der Waals surface area (Å²) >= 11 is 0.906. The second-order valence-corrected chi connectivity index (χ2v) is 13.6. The summed E-state index contributed by atoms with van der Waals surface area (Å²) in [6.07, 6.45) is -2.81. The monoisotopic (exact) mass is 722 g/mol. The number of carboxylic acids is 1.